The number of hydrogen-bond acceptors (Lipinski definition) is 8. The third kappa shape index (κ3) is 6.38. The lowest BCUT2D eigenvalue weighted by atomic mass is 10.2. The molecule has 0 spiro atoms. The van der Waals surface area contributed by atoms with Gasteiger partial charge in [-0.25, -0.2) is 13.1 Å². The maximum atomic E-state index is 13.2. The minimum atomic E-state index is -4.20. The van der Waals surface area contributed by atoms with Gasteiger partial charge in [0.25, 0.3) is 11.6 Å². The van der Waals surface area contributed by atoms with E-state index in [1.807, 2.05) is 32.9 Å². The second-order valence-electron chi connectivity index (χ2n) is 9.52. The molecule has 0 fully saturated rings. The highest BCUT2D eigenvalue weighted by Crippen LogP contribution is 2.35. The Bertz CT molecular complexity index is 1630. The molecule has 0 aliphatic carbocycles. The van der Waals surface area contributed by atoms with Crippen molar-refractivity contribution in [2.75, 3.05) is 6.54 Å². The minimum Gasteiger partial charge on any atom is -0.467 e. The van der Waals surface area contributed by atoms with Gasteiger partial charge in [-0.3, -0.25) is 14.9 Å². The quantitative estimate of drug-likeness (QED) is 0.196. The van der Waals surface area contributed by atoms with Gasteiger partial charge < -0.3 is 14.5 Å². The topological polar surface area (TPSA) is 159 Å². The minimum absolute atomic E-state index is 0.00898. The first kappa shape index (κ1) is 28.5. The van der Waals surface area contributed by atoms with Crippen molar-refractivity contribution in [2.24, 2.45) is 5.92 Å². The van der Waals surface area contributed by atoms with Crippen molar-refractivity contribution in [2.45, 2.75) is 39.1 Å². The highest BCUT2D eigenvalue weighted by atomic mass is 32.2. The van der Waals surface area contributed by atoms with Crippen LogP contribution in [0.4, 0.5) is 5.69 Å². The second-order valence-corrected chi connectivity index (χ2v) is 11.3. The van der Waals surface area contributed by atoms with E-state index < -0.39 is 31.4 Å². The molecule has 0 atom stereocenters. The summed E-state index contributed by atoms with van der Waals surface area (Å²) in [5.41, 5.74) is 1.50. The van der Waals surface area contributed by atoms with E-state index in [1.54, 1.807) is 31.2 Å². The fourth-order valence-electron chi connectivity index (χ4n) is 3.70. The Morgan fingerprint density at radius 2 is 1.88 bits per heavy atom. The molecule has 40 heavy (non-hydrogen) atoms. The Hall–Kier alpha value is -4.49. The van der Waals surface area contributed by atoms with Gasteiger partial charge in [-0.15, -0.1) is 0 Å². The van der Waals surface area contributed by atoms with Gasteiger partial charge in [0.2, 0.25) is 15.9 Å². The molecule has 2 aromatic heterocycles. The van der Waals surface area contributed by atoms with Crippen LogP contribution in [0.1, 0.15) is 41.2 Å². The van der Waals surface area contributed by atoms with Crippen LogP contribution in [0.25, 0.3) is 5.69 Å². The van der Waals surface area contributed by atoms with E-state index in [-0.39, 0.29) is 36.3 Å². The number of benzene rings is 2. The maximum absolute atomic E-state index is 13.2. The van der Waals surface area contributed by atoms with Crippen LogP contribution in [0.2, 0.25) is 0 Å². The van der Waals surface area contributed by atoms with Crippen LogP contribution in [-0.2, 0) is 16.6 Å². The van der Waals surface area contributed by atoms with Crippen LogP contribution in [0.3, 0.4) is 0 Å². The molecular weight excluding hydrogens is 538 g/mol. The number of non-ortho nitro benzene ring substituents is 1. The first-order chi connectivity index (χ1) is 19.0. The van der Waals surface area contributed by atoms with Crippen LogP contribution in [0.15, 0.2) is 70.2 Å². The molecule has 0 radical (unpaired) electrons. The number of carbonyl (C=O) groups excluding carboxylic acids is 1. The van der Waals surface area contributed by atoms with Crippen molar-refractivity contribution < 1.29 is 27.3 Å². The average Bonchev–Trinajstić information content (AvgIpc) is 3.55. The lowest BCUT2D eigenvalue weighted by Crippen LogP contribution is -2.28. The number of aryl methyl sites for hydroxylation is 1. The predicted octanol–water partition coefficient (Wildman–Crippen LogP) is 4.65. The van der Waals surface area contributed by atoms with E-state index in [9.17, 15) is 23.3 Å². The molecule has 0 saturated heterocycles. The molecular formula is C27H29N5O7S. The summed E-state index contributed by atoms with van der Waals surface area (Å²) in [6.45, 7) is 7.44. The zero-order valence-corrected chi connectivity index (χ0v) is 23.2. The zero-order valence-electron chi connectivity index (χ0n) is 22.4. The lowest BCUT2D eigenvalue weighted by Gasteiger charge is -2.15. The van der Waals surface area contributed by atoms with Gasteiger partial charge >= 0.3 is 0 Å². The molecule has 0 bridgehead atoms. The predicted molar refractivity (Wildman–Crippen MR) is 146 cm³/mol. The van der Waals surface area contributed by atoms with Crippen molar-refractivity contribution in [3.63, 3.8) is 0 Å². The Morgan fingerprint density at radius 3 is 2.50 bits per heavy atom. The summed E-state index contributed by atoms with van der Waals surface area (Å²) in [5, 5.41) is 18.7. The number of hydrogen-bond donors (Lipinski definition) is 2. The van der Waals surface area contributed by atoms with Crippen molar-refractivity contribution >= 4 is 21.6 Å². The molecule has 210 valence electrons. The molecule has 2 aromatic carbocycles. The van der Waals surface area contributed by atoms with Crippen LogP contribution in [0, 0.1) is 29.9 Å². The normalized spacial score (nSPS) is 11.5. The number of aromatic nitrogens is 2. The number of ether oxygens (including phenoxy) is 1. The molecule has 13 heteroatoms. The first-order valence-electron chi connectivity index (χ1n) is 12.4. The molecule has 1 amide bonds. The number of sulfonamides is 1. The molecule has 4 rings (SSSR count). The van der Waals surface area contributed by atoms with Crippen LogP contribution in [0.5, 0.6) is 11.6 Å². The van der Waals surface area contributed by atoms with E-state index in [0.717, 1.165) is 17.7 Å². The number of nitro groups is 1. The molecule has 2 N–H and O–H groups in total. The fraction of sp³-hybridized carbons (Fsp3) is 0.259. The molecule has 4 aromatic rings. The number of carbonyl (C=O) groups is 1. The summed E-state index contributed by atoms with van der Waals surface area (Å²) in [6, 6.07) is 14.0. The zero-order chi connectivity index (χ0) is 29.0. The molecule has 0 aliphatic heterocycles. The summed E-state index contributed by atoms with van der Waals surface area (Å²) in [5.74, 6) is -0.0537. The van der Waals surface area contributed by atoms with Gasteiger partial charge in [0.05, 0.1) is 23.4 Å². The third-order valence-corrected chi connectivity index (χ3v) is 7.33. The van der Waals surface area contributed by atoms with E-state index in [4.69, 9.17) is 9.15 Å². The van der Waals surface area contributed by atoms with Crippen molar-refractivity contribution in [1.29, 1.82) is 0 Å². The second kappa shape index (κ2) is 11.7. The summed E-state index contributed by atoms with van der Waals surface area (Å²) in [4.78, 5) is 23.4. The highest BCUT2D eigenvalue weighted by molar-refractivity contribution is 7.89. The standard InChI is InChI=1S/C27H29N5O7S/c1-17(2)15-29-40(36,37)24-14-21(32(34)35)11-12-23(24)39-27-19(4)25(26(33)28-16-22-6-5-13-38-22)30-31(27)20-9-7-18(3)8-10-20/h5-14,17,29H,15-16H2,1-4H3,(H,28,33). The van der Waals surface area contributed by atoms with Crippen LogP contribution in [-0.4, -0.2) is 35.6 Å². The van der Waals surface area contributed by atoms with Gasteiger partial charge in [0.1, 0.15) is 16.4 Å². The van der Waals surface area contributed by atoms with Gasteiger partial charge in [0.15, 0.2) is 5.69 Å². The van der Waals surface area contributed by atoms with Crippen LogP contribution >= 0.6 is 0 Å². The van der Waals surface area contributed by atoms with Crippen LogP contribution < -0.4 is 14.8 Å². The molecule has 2 heterocycles. The Morgan fingerprint density at radius 1 is 1.15 bits per heavy atom. The van der Waals surface area contributed by atoms with Gasteiger partial charge in [-0.1, -0.05) is 31.5 Å². The van der Waals surface area contributed by atoms with E-state index in [1.165, 1.54) is 17.0 Å². The smallest absolute Gasteiger partial charge is 0.272 e. The lowest BCUT2D eigenvalue weighted by molar-refractivity contribution is -0.385. The fourth-order valence-corrected chi connectivity index (χ4v) is 5.06. The molecule has 12 nitrogen and oxygen atoms in total. The Balaban J connectivity index is 1.79. The van der Waals surface area contributed by atoms with E-state index in [2.05, 4.69) is 15.1 Å². The van der Waals surface area contributed by atoms with Crippen molar-refractivity contribution in [3.05, 3.63) is 93.6 Å². The number of nitrogens with one attached hydrogen (secondary N) is 2. The number of nitro benzene ring substituents is 1. The van der Waals surface area contributed by atoms with Gasteiger partial charge in [-0.05, 0) is 50.1 Å². The molecule has 0 aliphatic rings. The Labute approximate surface area is 231 Å². The average molecular weight is 568 g/mol. The largest absolute Gasteiger partial charge is 0.467 e. The van der Waals surface area contributed by atoms with Crippen molar-refractivity contribution in [3.8, 4) is 17.3 Å². The highest BCUT2D eigenvalue weighted by Gasteiger charge is 2.28. The maximum Gasteiger partial charge on any atom is 0.272 e. The molecule has 0 unspecified atom stereocenters. The number of furan rings is 1. The summed E-state index contributed by atoms with van der Waals surface area (Å²) in [7, 11) is -4.20. The number of amides is 1. The number of rotatable bonds is 11. The van der Waals surface area contributed by atoms with Gasteiger partial charge in [-0.2, -0.15) is 9.78 Å². The molecule has 0 saturated carbocycles. The monoisotopic (exact) mass is 567 g/mol. The van der Waals surface area contributed by atoms with Gasteiger partial charge in [0, 0.05) is 24.2 Å². The van der Waals surface area contributed by atoms with Crippen molar-refractivity contribution in [1.82, 2.24) is 19.8 Å². The van der Waals surface area contributed by atoms with E-state index >= 15 is 0 Å². The summed E-state index contributed by atoms with van der Waals surface area (Å²) in [6.07, 6.45) is 1.50. The first-order valence-corrected chi connectivity index (χ1v) is 13.9. The van der Waals surface area contributed by atoms with E-state index in [0.29, 0.717) is 17.0 Å². The third-order valence-electron chi connectivity index (χ3n) is 5.88. The SMILES string of the molecule is Cc1ccc(-n2nc(C(=O)NCc3ccco3)c(C)c2Oc2ccc([N+](=O)[O-])cc2S(=O)(=O)NCC(C)C)cc1. The number of nitrogens with zero attached hydrogens (tertiary/aromatic N) is 3. The summed E-state index contributed by atoms with van der Waals surface area (Å²) >= 11 is 0. The Kier molecular flexibility index (Phi) is 8.35. The summed E-state index contributed by atoms with van der Waals surface area (Å²) < 4.78 is 41.6.